The lowest BCUT2D eigenvalue weighted by Gasteiger charge is -2.31. The van der Waals surface area contributed by atoms with Gasteiger partial charge in [0.25, 0.3) is 0 Å². The number of hydrogen-bond acceptors (Lipinski definition) is 16. The van der Waals surface area contributed by atoms with Crippen LogP contribution in [0.25, 0.3) is 0 Å². The number of aromatic nitrogens is 2. The highest BCUT2D eigenvalue weighted by atomic mass is 19.4. The fourth-order valence-corrected chi connectivity index (χ4v) is 10.8. The van der Waals surface area contributed by atoms with E-state index in [-0.39, 0.29) is 137 Å². The molecule has 1 aliphatic rings. The number of carbonyl (C=O) groups excluding carboxylic acids is 8. The highest BCUT2D eigenvalue weighted by Gasteiger charge is 2.32. The van der Waals surface area contributed by atoms with Crippen LogP contribution in [0, 0.1) is 17.8 Å². The first-order valence-electron chi connectivity index (χ1n) is 34.4. The second-order valence-corrected chi connectivity index (χ2v) is 24.5. The maximum absolute atomic E-state index is 13.4. The number of aliphatic carboxylic acids is 2. The summed E-state index contributed by atoms with van der Waals surface area (Å²) in [6.45, 7) is 6.35. The van der Waals surface area contributed by atoms with Crippen LogP contribution in [-0.2, 0) is 85.9 Å². The van der Waals surface area contributed by atoms with Crippen LogP contribution in [0.1, 0.15) is 210 Å². The molecule has 0 radical (unpaired) electrons. The molecule has 1 aromatic carbocycles. The Morgan fingerprint density at radius 2 is 1.25 bits per heavy atom. The van der Waals surface area contributed by atoms with Gasteiger partial charge in [0.05, 0.1) is 63.4 Å². The van der Waals surface area contributed by atoms with Crippen molar-refractivity contribution in [3.63, 3.8) is 0 Å². The summed E-state index contributed by atoms with van der Waals surface area (Å²) in [5.74, 6) is -4.35. The van der Waals surface area contributed by atoms with Crippen LogP contribution in [0.2, 0.25) is 0 Å². The molecular formula is C69H110F3N7O16. The predicted octanol–water partition coefficient (Wildman–Crippen LogP) is 9.04. The number of imidazole rings is 1. The van der Waals surface area contributed by atoms with Crippen LogP contribution in [0.15, 0.2) is 36.8 Å². The molecule has 0 aliphatic carbocycles. The maximum Gasteiger partial charge on any atom is 0.416 e. The van der Waals surface area contributed by atoms with Gasteiger partial charge >= 0.3 is 18.1 Å². The van der Waals surface area contributed by atoms with Gasteiger partial charge < -0.3 is 65.5 Å². The molecule has 4 amide bonds. The van der Waals surface area contributed by atoms with Crippen LogP contribution in [0.3, 0.4) is 0 Å². The number of ether oxygens (including phenoxy) is 4. The Bertz CT molecular complexity index is 2510. The third kappa shape index (κ3) is 44.1. The van der Waals surface area contributed by atoms with Gasteiger partial charge in [-0.05, 0) is 89.2 Å². The molecule has 0 spiro atoms. The van der Waals surface area contributed by atoms with Gasteiger partial charge in [-0.3, -0.25) is 43.2 Å². The van der Waals surface area contributed by atoms with E-state index in [1.807, 2.05) is 4.90 Å². The Morgan fingerprint density at radius 1 is 0.674 bits per heavy atom. The third-order valence-electron chi connectivity index (χ3n) is 16.5. The zero-order valence-electron chi connectivity index (χ0n) is 56.4. The van der Waals surface area contributed by atoms with E-state index in [0.717, 1.165) is 49.9 Å². The quantitative estimate of drug-likeness (QED) is 0.0304. The number of benzene rings is 1. The van der Waals surface area contributed by atoms with Gasteiger partial charge in [-0.2, -0.15) is 13.2 Å². The number of Topliss-reactive ketones (excluding diaryl/α,β-unsaturated/α-hetero) is 4. The van der Waals surface area contributed by atoms with E-state index in [2.05, 4.69) is 25.9 Å². The van der Waals surface area contributed by atoms with Gasteiger partial charge in [-0.25, -0.2) is 4.98 Å². The van der Waals surface area contributed by atoms with Crippen LogP contribution < -0.4 is 21.7 Å². The molecular weight excluding hydrogens is 1240 g/mol. The van der Waals surface area contributed by atoms with Gasteiger partial charge in [-0.1, -0.05) is 109 Å². The predicted molar refractivity (Wildman–Crippen MR) is 351 cm³/mol. The van der Waals surface area contributed by atoms with Crippen molar-refractivity contribution in [1.82, 2.24) is 30.8 Å². The molecule has 538 valence electrons. The van der Waals surface area contributed by atoms with Crippen LogP contribution >= 0.6 is 0 Å². The number of amides is 4. The number of rotatable bonds is 57. The summed E-state index contributed by atoms with van der Waals surface area (Å²) in [6, 6.07) is 3.69. The van der Waals surface area contributed by atoms with E-state index in [9.17, 15) is 61.1 Å². The molecule has 0 unspecified atom stereocenters. The summed E-state index contributed by atoms with van der Waals surface area (Å²) in [6.07, 6.45) is 20.7. The molecule has 8 N–H and O–H groups in total. The normalized spacial score (nSPS) is 13.5. The molecule has 0 bridgehead atoms. The number of likely N-dealkylation sites (tertiary alicyclic amines) is 1. The van der Waals surface area contributed by atoms with Crippen molar-refractivity contribution in [2.24, 2.45) is 23.5 Å². The number of carbonyl (C=O) groups is 10. The second-order valence-electron chi connectivity index (χ2n) is 24.5. The van der Waals surface area contributed by atoms with Crippen molar-refractivity contribution in [1.29, 1.82) is 0 Å². The number of nitrogens with zero attached hydrogens (tertiary/aromatic N) is 2. The first kappa shape index (κ1) is 84.6. The maximum atomic E-state index is 13.4. The van der Waals surface area contributed by atoms with E-state index >= 15 is 0 Å². The summed E-state index contributed by atoms with van der Waals surface area (Å²) in [5, 5.41) is 26.1. The van der Waals surface area contributed by atoms with Gasteiger partial charge in [0.1, 0.15) is 36.3 Å². The number of aromatic amines is 1. The Kier molecular flexibility index (Phi) is 46.9. The standard InChI is InChI=1S/C40H59F3N6O10.C29H51NO6/c1-29(50)6-5-16-56-18-20-58-27-38(54)47-15-17-57-19-21-59-26-37(53)46-14-3-2-8-31(39(44)55)10-13-36(52)35(23-30-7-4-9-32(22-30)40(41,42)43)48-25-34(51)12-11-33-24-45-28-49-33;1-2-24(29(35)36)23-26(31)25-19-21-30(22-20-25)27(32)17-15-13-11-9-7-5-3-4-6-8-10-12-14-16-18-28(33)34/h4,7,9,22,24,28,31,35,48H,2-3,5-6,8,10-21,23,25-27H2,1H3,(H2,44,55)(H,45,49)(H,46,53)(H,47,54);24-25H,2-23H2,1H3,(H,33,34)(H,35,36)/t31-,35+;24-/m10/s1. The van der Waals surface area contributed by atoms with E-state index in [1.165, 1.54) is 83.2 Å². The summed E-state index contributed by atoms with van der Waals surface area (Å²) >= 11 is 0. The van der Waals surface area contributed by atoms with E-state index in [4.69, 9.17) is 34.9 Å². The largest absolute Gasteiger partial charge is 0.481 e. The van der Waals surface area contributed by atoms with Gasteiger partial charge in [0, 0.05) is 95.0 Å². The number of nitrogens with one attached hydrogen (secondary N) is 4. The average Bonchev–Trinajstić information content (AvgIpc) is 2.23. The Morgan fingerprint density at radius 3 is 1.80 bits per heavy atom. The fraction of sp³-hybridized carbons (Fsp3) is 0.725. The van der Waals surface area contributed by atoms with Crippen molar-refractivity contribution < 1.29 is 90.3 Å². The van der Waals surface area contributed by atoms with Crippen molar-refractivity contribution >= 4 is 58.7 Å². The smallest absolute Gasteiger partial charge is 0.416 e. The third-order valence-corrected chi connectivity index (χ3v) is 16.5. The zero-order chi connectivity index (χ0) is 69.9. The highest BCUT2D eigenvalue weighted by molar-refractivity contribution is 5.87. The molecule has 95 heavy (non-hydrogen) atoms. The summed E-state index contributed by atoms with van der Waals surface area (Å²) in [5.41, 5.74) is 5.80. The SMILES string of the molecule is CC(=O)CCCOCCOCC(=O)NCCOCCOCC(=O)NCCCC[C@H](CCC(=O)[C@H](Cc1cccc(C(F)(F)F)c1)NCC(=O)CCc1cnc[nH]1)C(N)=O.CC[C@@H](CC(=O)C1CCN(C(=O)CCCCCCCCCCCCCCCCC(=O)O)CC1)C(=O)O. The van der Waals surface area contributed by atoms with Crippen molar-refractivity contribution in [2.75, 3.05) is 85.6 Å². The molecule has 2 heterocycles. The lowest BCUT2D eigenvalue weighted by atomic mass is 9.86. The minimum atomic E-state index is -4.56. The molecule has 3 atom stereocenters. The van der Waals surface area contributed by atoms with Crippen molar-refractivity contribution in [3.05, 3.63) is 53.6 Å². The van der Waals surface area contributed by atoms with E-state index in [1.54, 1.807) is 13.1 Å². The molecule has 1 saturated heterocycles. The number of primary amides is 1. The number of ketones is 4. The second kappa shape index (κ2) is 52.7. The topological polar surface area (TPSA) is 342 Å². The van der Waals surface area contributed by atoms with Gasteiger partial charge in [0.15, 0.2) is 0 Å². The number of carboxylic acid groups (broad SMARTS) is 2. The number of alkyl halides is 3. The number of nitrogens with two attached hydrogens (primary N) is 1. The molecule has 0 saturated carbocycles. The number of carboxylic acids is 2. The first-order valence-corrected chi connectivity index (χ1v) is 34.4. The van der Waals surface area contributed by atoms with Crippen LogP contribution in [0.5, 0.6) is 0 Å². The molecule has 3 rings (SSSR count). The minimum absolute atomic E-state index is 0.0429. The molecule has 1 fully saturated rings. The highest BCUT2D eigenvalue weighted by Crippen LogP contribution is 2.30. The van der Waals surface area contributed by atoms with Gasteiger partial charge in [-0.15, -0.1) is 0 Å². The lowest BCUT2D eigenvalue weighted by Crippen LogP contribution is -2.42. The number of unbranched alkanes of at least 4 members (excludes halogenated alkanes) is 14. The molecule has 1 aromatic heterocycles. The number of hydrogen-bond donors (Lipinski definition) is 7. The fourth-order valence-electron chi connectivity index (χ4n) is 10.8. The van der Waals surface area contributed by atoms with Crippen molar-refractivity contribution in [3.8, 4) is 0 Å². The Balaban J connectivity index is 0.000000729. The summed E-state index contributed by atoms with van der Waals surface area (Å²) in [7, 11) is 0. The monoisotopic (exact) mass is 1350 g/mol. The first-order chi connectivity index (χ1) is 45.6. The lowest BCUT2D eigenvalue weighted by molar-refractivity contribution is -0.144. The Hall–Kier alpha value is -6.48. The zero-order valence-corrected chi connectivity index (χ0v) is 56.4. The van der Waals surface area contributed by atoms with Crippen LogP contribution in [0.4, 0.5) is 13.2 Å². The van der Waals surface area contributed by atoms with E-state index < -0.39 is 47.5 Å². The average molecular weight is 1350 g/mol. The summed E-state index contributed by atoms with van der Waals surface area (Å²) < 4.78 is 61.3. The molecule has 2 aromatic rings. The Labute approximate surface area is 559 Å². The molecule has 1 aliphatic heterocycles. The number of H-pyrrole nitrogens is 1. The van der Waals surface area contributed by atoms with E-state index in [0.29, 0.717) is 103 Å². The minimum Gasteiger partial charge on any atom is -0.481 e. The number of piperidine rings is 1. The molecule has 23 nitrogen and oxygen atoms in total. The van der Waals surface area contributed by atoms with Crippen LogP contribution in [-0.4, -0.2) is 175 Å². The van der Waals surface area contributed by atoms with Crippen molar-refractivity contribution in [2.45, 2.75) is 219 Å². The summed E-state index contributed by atoms with van der Waals surface area (Å²) in [4.78, 5) is 128. The van der Waals surface area contributed by atoms with Gasteiger partial charge in [0.2, 0.25) is 23.6 Å². The number of aryl methyl sites for hydroxylation is 1. The number of halogens is 3. The molecule has 26 heteroatoms.